The maximum atomic E-state index is 2.36. The molecule has 23 heavy (non-hydrogen) atoms. The molecule has 1 nitrogen and oxygen atoms in total. The maximum Gasteiger partial charge on any atom is 0.0143 e. The summed E-state index contributed by atoms with van der Waals surface area (Å²) in [4.78, 5) is 2.36. The van der Waals surface area contributed by atoms with Crippen molar-refractivity contribution >= 4 is 0 Å². The zero-order valence-electron chi connectivity index (χ0n) is 16.6. The van der Waals surface area contributed by atoms with E-state index in [2.05, 4.69) is 37.9 Å². The van der Waals surface area contributed by atoms with Crippen LogP contribution >= 0.6 is 0 Å². The van der Waals surface area contributed by atoms with Gasteiger partial charge in [-0.2, -0.15) is 0 Å². The largest absolute Gasteiger partial charge is 0.378 e. The first kappa shape index (κ1) is 22.5. The van der Waals surface area contributed by atoms with Gasteiger partial charge >= 0.3 is 0 Å². The lowest BCUT2D eigenvalue weighted by molar-refractivity contribution is 0.417. The van der Waals surface area contributed by atoms with Crippen molar-refractivity contribution in [1.82, 2.24) is 4.90 Å². The van der Waals surface area contributed by atoms with Crippen molar-refractivity contribution in [3.05, 3.63) is 12.3 Å². The van der Waals surface area contributed by atoms with Crippen molar-refractivity contribution in [2.24, 2.45) is 0 Å². The topological polar surface area (TPSA) is 3.24 Å². The van der Waals surface area contributed by atoms with Crippen molar-refractivity contribution in [1.29, 1.82) is 0 Å². The molecule has 0 aromatic rings. The summed E-state index contributed by atoms with van der Waals surface area (Å²) < 4.78 is 0. The van der Waals surface area contributed by atoms with Gasteiger partial charge in [0, 0.05) is 13.1 Å². The fraction of sp³-hybridized carbons (Fsp3) is 0.909. The second-order valence-corrected chi connectivity index (χ2v) is 6.99. The molecule has 0 radical (unpaired) electrons. The van der Waals surface area contributed by atoms with Crippen LogP contribution in [-0.2, 0) is 0 Å². The fourth-order valence-electron chi connectivity index (χ4n) is 3.11. The first-order chi connectivity index (χ1) is 11.3. The predicted molar refractivity (Wildman–Crippen MR) is 107 cm³/mol. The molecule has 0 bridgehead atoms. The molecule has 0 rings (SSSR count). The van der Waals surface area contributed by atoms with Crippen LogP contribution in [0.15, 0.2) is 12.3 Å². The van der Waals surface area contributed by atoms with Crippen LogP contribution in [0.5, 0.6) is 0 Å². The molecule has 138 valence electrons. The minimum atomic E-state index is 1.13. The first-order valence-corrected chi connectivity index (χ1v) is 10.8. The lowest BCUT2D eigenvalue weighted by Gasteiger charge is -2.14. The number of allylic oxidation sites excluding steroid dienone is 1. The Kier molecular flexibility index (Phi) is 19.2. The molecule has 0 saturated heterocycles. The first-order valence-electron chi connectivity index (χ1n) is 10.8. The predicted octanol–water partition coefficient (Wildman–Crippen LogP) is 7.71. The summed E-state index contributed by atoms with van der Waals surface area (Å²) in [6, 6.07) is 0. The molecule has 0 saturated carbocycles. The van der Waals surface area contributed by atoms with E-state index in [-0.39, 0.29) is 0 Å². The van der Waals surface area contributed by atoms with Crippen molar-refractivity contribution < 1.29 is 0 Å². The van der Waals surface area contributed by atoms with Gasteiger partial charge in [-0.3, -0.25) is 0 Å². The Balaban J connectivity index is 3.10. The average Bonchev–Trinajstić information content (AvgIpc) is 2.58. The molecule has 0 amide bonds. The molecule has 0 aliphatic heterocycles. The number of rotatable bonds is 18. The van der Waals surface area contributed by atoms with Crippen molar-refractivity contribution in [3.63, 3.8) is 0 Å². The fourth-order valence-corrected chi connectivity index (χ4v) is 3.11. The molecule has 0 spiro atoms. The molecule has 0 aromatic heterocycles. The highest BCUT2D eigenvalue weighted by Crippen LogP contribution is 2.13. The van der Waals surface area contributed by atoms with Gasteiger partial charge in [0.25, 0.3) is 0 Å². The van der Waals surface area contributed by atoms with E-state index >= 15 is 0 Å². The number of unbranched alkanes of at least 4 members (excludes halogenated alkanes) is 14. The van der Waals surface area contributed by atoms with E-state index in [1.165, 1.54) is 96.3 Å². The molecule has 1 heteroatoms. The van der Waals surface area contributed by atoms with E-state index in [1.807, 2.05) is 0 Å². The van der Waals surface area contributed by atoms with E-state index < -0.39 is 0 Å². The molecule has 0 aliphatic rings. The normalized spacial score (nSPS) is 11.4. The standard InChI is InChI=1S/C22H45N/c1-4-7-8-9-10-11-12-13-14-15-16-17-18-19-20-21-22-23(5-2)6-3/h21-22H,4-20H2,1-3H3/b22-21+. The van der Waals surface area contributed by atoms with E-state index in [0.29, 0.717) is 0 Å². The highest BCUT2D eigenvalue weighted by atomic mass is 15.1. The van der Waals surface area contributed by atoms with Gasteiger partial charge in [-0.15, -0.1) is 0 Å². The van der Waals surface area contributed by atoms with Gasteiger partial charge in [-0.1, -0.05) is 96.5 Å². The van der Waals surface area contributed by atoms with E-state index in [4.69, 9.17) is 0 Å². The molecule has 0 unspecified atom stereocenters. The van der Waals surface area contributed by atoms with Crippen LogP contribution in [0.4, 0.5) is 0 Å². The van der Waals surface area contributed by atoms with Crippen molar-refractivity contribution in [2.45, 2.75) is 117 Å². The van der Waals surface area contributed by atoms with Crippen molar-refractivity contribution in [3.8, 4) is 0 Å². The monoisotopic (exact) mass is 323 g/mol. The van der Waals surface area contributed by atoms with Crippen LogP contribution < -0.4 is 0 Å². The van der Waals surface area contributed by atoms with E-state index in [0.717, 1.165) is 13.1 Å². The van der Waals surface area contributed by atoms with Crippen LogP contribution in [0, 0.1) is 0 Å². The van der Waals surface area contributed by atoms with Gasteiger partial charge in [0.2, 0.25) is 0 Å². The second kappa shape index (κ2) is 19.6. The summed E-state index contributed by atoms with van der Waals surface area (Å²) in [5.41, 5.74) is 0. The van der Waals surface area contributed by atoms with Gasteiger partial charge < -0.3 is 4.90 Å². The Morgan fingerprint density at radius 1 is 0.522 bits per heavy atom. The van der Waals surface area contributed by atoms with Gasteiger partial charge in [-0.25, -0.2) is 0 Å². The van der Waals surface area contributed by atoms with Crippen LogP contribution in [0.2, 0.25) is 0 Å². The number of hydrogen-bond acceptors (Lipinski definition) is 1. The second-order valence-electron chi connectivity index (χ2n) is 6.99. The molecule has 0 N–H and O–H groups in total. The van der Waals surface area contributed by atoms with Crippen LogP contribution in [0.3, 0.4) is 0 Å². The molecule has 0 heterocycles. The summed E-state index contributed by atoms with van der Waals surface area (Å²) in [6.07, 6.45) is 26.1. The minimum Gasteiger partial charge on any atom is -0.378 e. The highest BCUT2D eigenvalue weighted by molar-refractivity contribution is 4.81. The minimum absolute atomic E-state index is 1.13. The third-order valence-corrected chi connectivity index (χ3v) is 4.85. The number of nitrogens with zero attached hydrogens (tertiary/aromatic N) is 1. The third kappa shape index (κ3) is 17.7. The summed E-state index contributed by atoms with van der Waals surface area (Å²) in [7, 11) is 0. The molecule has 0 aliphatic carbocycles. The molecular weight excluding hydrogens is 278 g/mol. The zero-order chi connectivity index (χ0) is 17.0. The highest BCUT2D eigenvalue weighted by Gasteiger charge is 1.94. The van der Waals surface area contributed by atoms with E-state index in [9.17, 15) is 0 Å². The quantitative estimate of drug-likeness (QED) is 0.233. The summed E-state index contributed by atoms with van der Waals surface area (Å²) >= 11 is 0. The van der Waals surface area contributed by atoms with Crippen LogP contribution in [-0.4, -0.2) is 18.0 Å². The lowest BCUT2D eigenvalue weighted by atomic mass is 10.0. The lowest BCUT2D eigenvalue weighted by Crippen LogP contribution is -2.14. The van der Waals surface area contributed by atoms with Crippen molar-refractivity contribution in [2.75, 3.05) is 13.1 Å². The third-order valence-electron chi connectivity index (χ3n) is 4.85. The maximum absolute atomic E-state index is 2.36. The Hall–Kier alpha value is -0.460. The Morgan fingerprint density at radius 2 is 0.913 bits per heavy atom. The van der Waals surface area contributed by atoms with Gasteiger partial charge in [0.15, 0.2) is 0 Å². The van der Waals surface area contributed by atoms with Crippen LogP contribution in [0.1, 0.15) is 117 Å². The SMILES string of the molecule is CCCCCCCCCCCCCCCC/C=C/N(CC)CC. The Bertz CT molecular complexity index is 230. The summed E-state index contributed by atoms with van der Waals surface area (Å²) in [6.45, 7) is 9.00. The van der Waals surface area contributed by atoms with E-state index in [1.54, 1.807) is 0 Å². The Labute approximate surface area is 147 Å². The van der Waals surface area contributed by atoms with Gasteiger partial charge in [0.05, 0.1) is 0 Å². The summed E-state index contributed by atoms with van der Waals surface area (Å²) in [5, 5.41) is 0. The molecule has 0 atom stereocenters. The summed E-state index contributed by atoms with van der Waals surface area (Å²) in [5.74, 6) is 0. The molecular formula is C22H45N. The molecule has 0 aromatic carbocycles. The van der Waals surface area contributed by atoms with Crippen LogP contribution in [0.25, 0.3) is 0 Å². The van der Waals surface area contributed by atoms with Gasteiger partial charge in [0.1, 0.15) is 0 Å². The number of hydrogen-bond donors (Lipinski definition) is 0. The smallest absolute Gasteiger partial charge is 0.0143 e. The zero-order valence-corrected chi connectivity index (χ0v) is 16.6. The average molecular weight is 324 g/mol. The molecule has 0 fully saturated rings. The van der Waals surface area contributed by atoms with Gasteiger partial charge in [-0.05, 0) is 32.9 Å². The Morgan fingerprint density at radius 3 is 1.30 bits per heavy atom.